The van der Waals surface area contributed by atoms with Gasteiger partial charge in [-0.3, -0.25) is 9.69 Å². The van der Waals surface area contributed by atoms with E-state index in [0.29, 0.717) is 25.0 Å². The Bertz CT molecular complexity index is 257. The van der Waals surface area contributed by atoms with Gasteiger partial charge in [0.2, 0.25) is 5.91 Å². The second-order valence-corrected chi connectivity index (χ2v) is 5.38. The molecule has 0 bridgehead atoms. The molecule has 0 saturated carbocycles. The summed E-state index contributed by atoms with van der Waals surface area (Å²) in [5.74, 6) is 0.140. The van der Waals surface area contributed by atoms with Crippen molar-refractivity contribution in [2.45, 2.75) is 71.0 Å². The summed E-state index contributed by atoms with van der Waals surface area (Å²) in [6.07, 6.45) is 5.14. The number of nitrogens with two attached hydrogens (primary N) is 1. The Morgan fingerprint density at radius 2 is 2.17 bits per heavy atom. The van der Waals surface area contributed by atoms with Gasteiger partial charge in [-0.25, -0.2) is 0 Å². The van der Waals surface area contributed by atoms with Crippen molar-refractivity contribution >= 4 is 5.91 Å². The van der Waals surface area contributed by atoms with Gasteiger partial charge in [-0.1, -0.05) is 13.8 Å². The van der Waals surface area contributed by atoms with Gasteiger partial charge in [-0.2, -0.15) is 0 Å². The maximum atomic E-state index is 11.8. The smallest absolute Gasteiger partial charge is 0.221 e. The molecule has 1 fully saturated rings. The Morgan fingerprint density at radius 3 is 2.72 bits per heavy atom. The Labute approximate surface area is 111 Å². The van der Waals surface area contributed by atoms with Crippen LogP contribution in [-0.4, -0.2) is 42.0 Å². The highest BCUT2D eigenvalue weighted by atomic mass is 16.1. The summed E-state index contributed by atoms with van der Waals surface area (Å²) in [5.41, 5.74) is 5.89. The van der Waals surface area contributed by atoms with E-state index in [1.807, 2.05) is 0 Å². The lowest BCUT2D eigenvalue weighted by atomic mass is 10.1. The van der Waals surface area contributed by atoms with Gasteiger partial charge in [0, 0.05) is 37.6 Å². The van der Waals surface area contributed by atoms with Crippen molar-refractivity contribution in [3.8, 4) is 0 Å². The third-order valence-corrected chi connectivity index (χ3v) is 4.01. The van der Waals surface area contributed by atoms with Crippen molar-refractivity contribution in [1.29, 1.82) is 0 Å². The SMILES string of the molecule is CCCNC(=O)CC(CN)N1C(C)CCC1CC. The van der Waals surface area contributed by atoms with Crippen LogP contribution in [0.3, 0.4) is 0 Å². The average molecular weight is 255 g/mol. The summed E-state index contributed by atoms with van der Waals surface area (Å²) in [5, 5.41) is 2.95. The zero-order chi connectivity index (χ0) is 13.5. The van der Waals surface area contributed by atoms with E-state index < -0.39 is 0 Å². The normalized spacial score (nSPS) is 26.2. The van der Waals surface area contributed by atoms with Gasteiger partial charge < -0.3 is 11.1 Å². The molecule has 3 unspecified atom stereocenters. The fourth-order valence-electron chi connectivity index (χ4n) is 3.03. The summed E-state index contributed by atoms with van der Waals surface area (Å²) in [6.45, 7) is 7.88. The van der Waals surface area contributed by atoms with E-state index in [4.69, 9.17) is 5.73 Å². The first-order valence-electron chi connectivity index (χ1n) is 7.38. The Hall–Kier alpha value is -0.610. The zero-order valence-corrected chi connectivity index (χ0v) is 12.1. The van der Waals surface area contributed by atoms with Crippen LogP contribution in [0.15, 0.2) is 0 Å². The number of rotatable bonds is 7. The van der Waals surface area contributed by atoms with Gasteiger partial charge >= 0.3 is 0 Å². The second-order valence-electron chi connectivity index (χ2n) is 5.38. The molecule has 106 valence electrons. The summed E-state index contributed by atoms with van der Waals surface area (Å²) in [7, 11) is 0. The molecule has 0 aromatic carbocycles. The van der Waals surface area contributed by atoms with E-state index in [9.17, 15) is 4.79 Å². The molecule has 4 nitrogen and oxygen atoms in total. The lowest BCUT2D eigenvalue weighted by Crippen LogP contribution is -2.49. The van der Waals surface area contributed by atoms with Crippen LogP contribution in [0, 0.1) is 0 Å². The first-order valence-corrected chi connectivity index (χ1v) is 7.38. The van der Waals surface area contributed by atoms with Crippen LogP contribution in [0.5, 0.6) is 0 Å². The van der Waals surface area contributed by atoms with Crippen molar-refractivity contribution in [3.05, 3.63) is 0 Å². The highest BCUT2D eigenvalue weighted by Crippen LogP contribution is 2.28. The summed E-state index contributed by atoms with van der Waals surface area (Å²) in [6, 6.07) is 1.36. The van der Waals surface area contributed by atoms with Crippen LogP contribution in [0.2, 0.25) is 0 Å². The van der Waals surface area contributed by atoms with Crippen molar-refractivity contribution in [1.82, 2.24) is 10.2 Å². The minimum absolute atomic E-state index is 0.140. The molecule has 0 aromatic rings. The van der Waals surface area contributed by atoms with Gasteiger partial charge in [-0.05, 0) is 32.6 Å². The highest BCUT2D eigenvalue weighted by molar-refractivity contribution is 5.76. The van der Waals surface area contributed by atoms with Gasteiger partial charge in [0.1, 0.15) is 0 Å². The number of hydrogen-bond acceptors (Lipinski definition) is 3. The minimum atomic E-state index is 0.140. The molecular formula is C14H29N3O. The summed E-state index contributed by atoms with van der Waals surface area (Å²) >= 11 is 0. The van der Waals surface area contributed by atoms with Crippen LogP contribution >= 0.6 is 0 Å². The third-order valence-electron chi connectivity index (χ3n) is 4.01. The summed E-state index contributed by atoms with van der Waals surface area (Å²) in [4.78, 5) is 14.3. The quantitative estimate of drug-likeness (QED) is 0.724. The predicted octanol–water partition coefficient (Wildman–Crippen LogP) is 1.49. The van der Waals surface area contributed by atoms with E-state index in [0.717, 1.165) is 19.4 Å². The number of likely N-dealkylation sites (tertiary alicyclic amines) is 1. The molecule has 3 atom stereocenters. The average Bonchev–Trinajstić information content (AvgIpc) is 2.74. The zero-order valence-electron chi connectivity index (χ0n) is 12.1. The molecule has 1 heterocycles. The lowest BCUT2D eigenvalue weighted by molar-refractivity contribution is -0.122. The third kappa shape index (κ3) is 3.95. The van der Waals surface area contributed by atoms with Crippen LogP contribution < -0.4 is 11.1 Å². The van der Waals surface area contributed by atoms with Gasteiger partial charge in [0.05, 0.1) is 0 Å². The Morgan fingerprint density at radius 1 is 1.44 bits per heavy atom. The molecule has 1 aliphatic rings. The molecule has 1 aliphatic heterocycles. The minimum Gasteiger partial charge on any atom is -0.356 e. The molecule has 0 aliphatic carbocycles. The van der Waals surface area contributed by atoms with E-state index in [-0.39, 0.29) is 11.9 Å². The number of carbonyl (C=O) groups is 1. The fourth-order valence-corrected chi connectivity index (χ4v) is 3.03. The molecule has 18 heavy (non-hydrogen) atoms. The van der Waals surface area contributed by atoms with E-state index in [1.54, 1.807) is 0 Å². The topological polar surface area (TPSA) is 58.4 Å². The molecule has 1 saturated heterocycles. The fraction of sp³-hybridized carbons (Fsp3) is 0.929. The maximum absolute atomic E-state index is 11.8. The number of hydrogen-bond donors (Lipinski definition) is 2. The van der Waals surface area contributed by atoms with E-state index >= 15 is 0 Å². The number of nitrogens with zero attached hydrogens (tertiary/aromatic N) is 1. The number of nitrogens with one attached hydrogen (secondary N) is 1. The summed E-state index contributed by atoms with van der Waals surface area (Å²) < 4.78 is 0. The molecule has 0 aromatic heterocycles. The molecule has 1 amide bonds. The standard InChI is InChI=1S/C14H29N3O/c1-4-8-16-14(18)9-13(10-15)17-11(3)6-7-12(17)5-2/h11-13H,4-10,15H2,1-3H3,(H,16,18). The van der Waals surface area contributed by atoms with Crippen molar-refractivity contribution < 1.29 is 4.79 Å². The molecule has 1 rings (SSSR count). The first-order chi connectivity index (χ1) is 8.63. The molecular weight excluding hydrogens is 226 g/mol. The van der Waals surface area contributed by atoms with Crippen LogP contribution in [0.25, 0.3) is 0 Å². The second kappa shape index (κ2) is 7.74. The Balaban J connectivity index is 2.56. The van der Waals surface area contributed by atoms with Crippen molar-refractivity contribution in [3.63, 3.8) is 0 Å². The first kappa shape index (κ1) is 15.4. The lowest BCUT2D eigenvalue weighted by Gasteiger charge is -2.35. The van der Waals surface area contributed by atoms with Gasteiger partial charge in [0.15, 0.2) is 0 Å². The predicted molar refractivity (Wildman–Crippen MR) is 75.4 cm³/mol. The Kier molecular flexibility index (Phi) is 6.65. The van der Waals surface area contributed by atoms with Crippen LogP contribution in [-0.2, 0) is 4.79 Å². The largest absolute Gasteiger partial charge is 0.356 e. The number of carbonyl (C=O) groups excluding carboxylic acids is 1. The van der Waals surface area contributed by atoms with Crippen LogP contribution in [0.4, 0.5) is 0 Å². The number of amides is 1. The molecule has 3 N–H and O–H groups in total. The monoisotopic (exact) mass is 255 g/mol. The molecule has 0 spiro atoms. The van der Waals surface area contributed by atoms with Crippen LogP contribution in [0.1, 0.15) is 52.9 Å². The highest BCUT2D eigenvalue weighted by Gasteiger charge is 2.34. The van der Waals surface area contributed by atoms with Crippen molar-refractivity contribution in [2.75, 3.05) is 13.1 Å². The van der Waals surface area contributed by atoms with Gasteiger partial charge in [0.25, 0.3) is 0 Å². The van der Waals surface area contributed by atoms with E-state index in [2.05, 4.69) is 31.0 Å². The van der Waals surface area contributed by atoms with E-state index in [1.165, 1.54) is 12.8 Å². The molecule has 4 heteroatoms. The van der Waals surface area contributed by atoms with Gasteiger partial charge in [-0.15, -0.1) is 0 Å². The maximum Gasteiger partial charge on any atom is 0.221 e. The molecule has 0 radical (unpaired) electrons. The van der Waals surface area contributed by atoms with Crippen molar-refractivity contribution in [2.24, 2.45) is 5.73 Å².